The maximum Gasteiger partial charge on any atom is 0.113 e. The number of likely N-dealkylation sites (tertiary alicyclic amines) is 1. The fraction of sp³-hybridized carbons (Fsp3) is 0.412. The molecule has 0 aromatic carbocycles. The summed E-state index contributed by atoms with van der Waals surface area (Å²) in [6.45, 7) is 5.20. The van der Waals surface area contributed by atoms with Crippen LogP contribution in [-0.2, 0) is 13.6 Å². The molecule has 4 rings (SSSR count). The molecule has 3 aromatic heterocycles. The molecular formula is C17H21N5S. The molecule has 0 radical (unpaired) electrons. The largest absolute Gasteiger partial charge is 0.337 e. The van der Waals surface area contributed by atoms with Crippen molar-refractivity contribution in [2.75, 3.05) is 13.1 Å². The second-order valence-electron chi connectivity index (χ2n) is 6.32. The summed E-state index contributed by atoms with van der Waals surface area (Å²) in [7, 11) is 2.10. The maximum absolute atomic E-state index is 4.70. The van der Waals surface area contributed by atoms with Crippen molar-refractivity contribution in [1.29, 1.82) is 0 Å². The van der Waals surface area contributed by atoms with Gasteiger partial charge in [0.05, 0.1) is 22.5 Å². The van der Waals surface area contributed by atoms with Gasteiger partial charge in [-0.25, -0.2) is 4.98 Å². The van der Waals surface area contributed by atoms with Gasteiger partial charge in [-0.15, -0.1) is 11.3 Å². The van der Waals surface area contributed by atoms with Crippen LogP contribution in [0.15, 0.2) is 29.9 Å². The average Bonchev–Trinajstić information content (AvgIpc) is 3.27. The molecule has 0 bridgehead atoms. The Morgan fingerprint density at radius 3 is 3.09 bits per heavy atom. The number of nitrogens with one attached hydrogen (secondary N) is 1. The Hall–Kier alpha value is -1.92. The average molecular weight is 327 g/mol. The summed E-state index contributed by atoms with van der Waals surface area (Å²) in [4.78, 5) is 8.47. The third kappa shape index (κ3) is 2.84. The van der Waals surface area contributed by atoms with Crippen molar-refractivity contribution < 1.29 is 0 Å². The van der Waals surface area contributed by atoms with E-state index in [9.17, 15) is 0 Å². The summed E-state index contributed by atoms with van der Waals surface area (Å²) >= 11 is 1.75. The van der Waals surface area contributed by atoms with Gasteiger partial charge in [0, 0.05) is 37.8 Å². The summed E-state index contributed by atoms with van der Waals surface area (Å²) in [6, 6.07) is 4.23. The molecule has 0 spiro atoms. The number of rotatable bonds is 4. The van der Waals surface area contributed by atoms with Crippen molar-refractivity contribution in [2.24, 2.45) is 7.05 Å². The lowest BCUT2D eigenvalue weighted by molar-refractivity contribution is 0.325. The second-order valence-corrected chi connectivity index (χ2v) is 7.27. The van der Waals surface area contributed by atoms with E-state index in [2.05, 4.69) is 57.3 Å². The lowest BCUT2D eigenvalue weighted by Crippen LogP contribution is -2.20. The summed E-state index contributed by atoms with van der Waals surface area (Å²) < 4.78 is 2.18. The minimum absolute atomic E-state index is 0.533. The van der Waals surface area contributed by atoms with Crippen LogP contribution in [0.4, 0.5) is 0 Å². The lowest BCUT2D eigenvalue weighted by Gasteiger charge is -2.15. The van der Waals surface area contributed by atoms with E-state index in [1.165, 1.54) is 22.7 Å². The molecule has 0 aliphatic carbocycles. The van der Waals surface area contributed by atoms with Crippen molar-refractivity contribution in [3.8, 4) is 10.6 Å². The Labute approximate surface area is 140 Å². The Balaban J connectivity index is 1.47. The number of aromatic nitrogens is 4. The standard InChI is InChI=1S/C17H21N5S/c1-12-9-21(2)17(19-12)13-5-6-22(10-13)11-14-8-18-20-16(14)15-4-3-7-23-15/h3-4,7-9,13H,5-6,10-11H2,1-2H3,(H,18,20). The normalized spacial score (nSPS) is 18.8. The Kier molecular flexibility index (Phi) is 3.79. The Morgan fingerprint density at radius 1 is 1.43 bits per heavy atom. The highest BCUT2D eigenvalue weighted by Gasteiger charge is 2.27. The first-order chi connectivity index (χ1) is 11.2. The highest BCUT2D eigenvalue weighted by molar-refractivity contribution is 7.13. The topological polar surface area (TPSA) is 49.7 Å². The molecule has 4 heterocycles. The van der Waals surface area contributed by atoms with E-state index in [1.54, 1.807) is 11.3 Å². The minimum Gasteiger partial charge on any atom is -0.337 e. The van der Waals surface area contributed by atoms with Crippen LogP contribution < -0.4 is 0 Å². The summed E-state index contributed by atoms with van der Waals surface area (Å²) in [6.07, 6.45) is 5.26. The van der Waals surface area contributed by atoms with E-state index in [4.69, 9.17) is 4.98 Å². The molecule has 120 valence electrons. The predicted octanol–water partition coefficient (Wildman–Crippen LogP) is 3.17. The van der Waals surface area contributed by atoms with Crippen LogP contribution in [0, 0.1) is 6.92 Å². The molecule has 1 N–H and O–H groups in total. The number of aryl methyl sites for hydroxylation is 2. The van der Waals surface area contributed by atoms with E-state index in [1.807, 2.05) is 6.20 Å². The fourth-order valence-corrected chi connectivity index (χ4v) is 4.26. The molecule has 5 nitrogen and oxygen atoms in total. The minimum atomic E-state index is 0.533. The SMILES string of the molecule is Cc1cn(C)c(C2CCN(Cc3cn[nH]c3-c3cccs3)C2)n1. The van der Waals surface area contributed by atoms with Crippen LogP contribution in [0.5, 0.6) is 0 Å². The van der Waals surface area contributed by atoms with Crippen LogP contribution in [-0.4, -0.2) is 37.7 Å². The van der Waals surface area contributed by atoms with Crippen LogP contribution in [0.1, 0.15) is 29.4 Å². The zero-order chi connectivity index (χ0) is 15.8. The summed E-state index contributed by atoms with van der Waals surface area (Å²) in [5.41, 5.74) is 3.55. The zero-order valence-corrected chi connectivity index (χ0v) is 14.3. The summed E-state index contributed by atoms with van der Waals surface area (Å²) in [5, 5.41) is 9.51. The van der Waals surface area contributed by atoms with Gasteiger partial charge in [0.1, 0.15) is 5.82 Å². The number of hydrogen-bond donors (Lipinski definition) is 1. The van der Waals surface area contributed by atoms with Crippen molar-refractivity contribution >= 4 is 11.3 Å². The van der Waals surface area contributed by atoms with Crippen LogP contribution >= 0.6 is 11.3 Å². The first-order valence-corrected chi connectivity index (χ1v) is 8.87. The molecule has 1 atom stereocenters. The third-order valence-corrected chi connectivity index (χ3v) is 5.44. The van der Waals surface area contributed by atoms with Crippen molar-refractivity contribution in [3.05, 3.63) is 47.0 Å². The molecule has 1 fully saturated rings. The molecule has 6 heteroatoms. The van der Waals surface area contributed by atoms with E-state index in [-0.39, 0.29) is 0 Å². The Morgan fingerprint density at radius 2 is 2.35 bits per heavy atom. The molecule has 0 amide bonds. The smallest absolute Gasteiger partial charge is 0.113 e. The first-order valence-electron chi connectivity index (χ1n) is 7.99. The van der Waals surface area contributed by atoms with E-state index < -0.39 is 0 Å². The molecule has 1 saturated heterocycles. The van der Waals surface area contributed by atoms with Crippen LogP contribution in [0.3, 0.4) is 0 Å². The van der Waals surface area contributed by atoms with Gasteiger partial charge in [0.15, 0.2) is 0 Å². The Bertz CT molecular complexity index is 786. The van der Waals surface area contributed by atoms with Gasteiger partial charge >= 0.3 is 0 Å². The van der Waals surface area contributed by atoms with E-state index in [0.717, 1.165) is 31.0 Å². The molecule has 23 heavy (non-hydrogen) atoms. The molecular weight excluding hydrogens is 306 g/mol. The van der Waals surface area contributed by atoms with Crippen LogP contribution in [0.25, 0.3) is 10.6 Å². The van der Waals surface area contributed by atoms with Gasteiger partial charge in [-0.05, 0) is 31.3 Å². The quantitative estimate of drug-likeness (QED) is 0.801. The zero-order valence-electron chi connectivity index (χ0n) is 13.5. The number of thiophene rings is 1. The monoisotopic (exact) mass is 327 g/mol. The third-order valence-electron chi connectivity index (χ3n) is 4.55. The van der Waals surface area contributed by atoms with E-state index in [0.29, 0.717) is 5.92 Å². The van der Waals surface area contributed by atoms with Crippen molar-refractivity contribution in [1.82, 2.24) is 24.6 Å². The van der Waals surface area contributed by atoms with Gasteiger partial charge in [-0.1, -0.05) is 6.07 Å². The molecule has 1 unspecified atom stereocenters. The van der Waals surface area contributed by atoms with Gasteiger partial charge in [0.2, 0.25) is 0 Å². The molecule has 3 aromatic rings. The first kappa shape index (κ1) is 14.7. The summed E-state index contributed by atoms with van der Waals surface area (Å²) in [5.74, 6) is 1.75. The second kappa shape index (κ2) is 5.94. The van der Waals surface area contributed by atoms with Gasteiger partial charge in [-0.2, -0.15) is 5.10 Å². The maximum atomic E-state index is 4.70. The molecule has 0 saturated carbocycles. The highest BCUT2D eigenvalue weighted by Crippen LogP contribution is 2.30. The van der Waals surface area contributed by atoms with Gasteiger partial charge in [-0.3, -0.25) is 10.00 Å². The van der Waals surface area contributed by atoms with Crippen molar-refractivity contribution in [3.63, 3.8) is 0 Å². The number of H-pyrrole nitrogens is 1. The molecule has 1 aliphatic heterocycles. The number of imidazole rings is 1. The number of hydrogen-bond acceptors (Lipinski definition) is 4. The molecule has 1 aliphatic rings. The number of aromatic amines is 1. The fourth-order valence-electron chi connectivity index (χ4n) is 3.51. The predicted molar refractivity (Wildman–Crippen MR) is 92.5 cm³/mol. The van der Waals surface area contributed by atoms with Gasteiger partial charge in [0.25, 0.3) is 0 Å². The van der Waals surface area contributed by atoms with Gasteiger partial charge < -0.3 is 4.57 Å². The van der Waals surface area contributed by atoms with E-state index >= 15 is 0 Å². The lowest BCUT2D eigenvalue weighted by atomic mass is 10.1. The number of nitrogens with zero attached hydrogens (tertiary/aromatic N) is 4. The highest BCUT2D eigenvalue weighted by atomic mass is 32.1. The van der Waals surface area contributed by atoms with Crippen molar-refractivity contribution in [2.45, 2.75) is 25.8 Å². The van der Waals surface area contributed by atoms with Crippen LogP contribution in [0.2, 0.25) is 0 Å².